The number of amides is 1. The van der Waals surface area contributed by atoms with Crippen molar-refractivity contribution in [1.29, 1.82) is 0 Å². The zero-order valence-electron chi connectivity index (χ0n) is 13.5. The summed E-state index contributed by atoms with van der Waals surface area (Å²) in [6.07, 6.45) is 3.21. The highest BCUT2D eigenvalue weighted by Gasteiger charge is 2.58. The lowest BCUT2D eigenvalue weighted by Crippen LogP contribution is -2.48. The number of nitrogens with one attached hydrogen (secondary N) is 1. The van der Waals surface area contributed by atoms with Gasteiger partial charge in [0.25, 0.3) is 10.8 Å². The number of benzene rings is 2. The lowest BCUT2D eigenvalue weighted by Gasteiger charge is -2.29. The van der Waals surface area contributed by atoms with Crippen LogP contribution in [0.5, 0.6) is 0 Å². The molecule has 1 aromatic heterocycles. The largest absolute Gasteiger partial charge is 0.323 e. The van der Waals surface area contributed by atoms with E-state index >= 15 is 0 Å². The van der Waals surface area contributed by atoms with Crippen LogP contribution in [0.4, 0.5) is 5.69 Å². The third-order valence-corrected chi connectivity index (χ3v) is 6.82. The van der Waals surface area contributed by atoms with Crippen molar-refractivity contribution in [3.05, 3.63) is 84.2 Å². The van der Waals surface area contributed by atoms with Crippen molar-refractivity contribution in [3.63, 3.8) is 0 Å². The fraction of sp³-hybridized carbons (Fsp3) is 0.105. The summed E-state index contributed by atoms with van der Waals surface area (Å²) in [6.45, 7) is 1.88. The summed E-state index contributed by atoms with van der Waals surface area (Å²) in [6, 6.07) is 16.9. The van der Waals surface area contributed by atoms with Crippen LogP contribution in [0.3, 0.4) is 0 Å². The number of carbonyl (C=O) groups excluding carboxylic acids is 1. The van der Waals surface area contributed by atoms with Crippen molar-refractivity contribution in [2.45, 2.75) is 16.7 Å². The first kappa shape index (κ1) is 15.7. The van der Waals surface area contributed by atoms with Gasteiger partial charge in [0.15, 0.2) is 0 Å². The molecule has 0 saturated carbocycles. The number of hydrogen-bond acceptors (Lipinski definition) is 3. The van der Waals surface area contributed by atoms with Gasteiger partial charge in [-0.3, -0.25) is 4.79 Å². The number of anilines is 1. The molecule has 6 heteroatoms. The normalized spacial score (nSPS) is 19.5. The van der Waals surface area contributed by atoms with Gasteiger partial charge in [-0.2, -0.15) is 0 Å². The van der Waals surface area contributed by atoms with E-state index in [0.717, 1.165) is 5.56 Å². The van der Waals surface area contributed by atoms with Gasteiger partial charge in [0, 0.05) is 23.6 Å². The van der Waals surface area contributed by atoms with Gasteiger partial charge < -0.3 is 9.88 Å². The van der Waals surface area contributed by atoms with E-state index in [2.05, 4.69) is 5.32 Å². The van der Waals surface area contributed by atoms with E-state index in [-0.39, 0.29) is 4.90 Å². The van der Waals surface area contributed by atoms with Crippen molar-refractivity contribution < 1.29 is 13.2 Å². The summed E-state index contributed by atoms with van der Waals surface area (Å²) >= 11 is 0. The van der Waals surface area contributed by atoms with Gasteiger partial charge in [0.05, 0.1) is 4.90 Å². The average molecular weight is 352 g/mol. The molecule has 4 rings (SSSR count). The fourth-order valence-electron chi connectivity index (χ4n) is 3.31. The highest BCUT2D eigenvalue weighted by atomic mass is 32.2. The van der Waals surface area contributed by atoms with Crippen molar-refractivity contribution in [2.24, 2.45) is 0 Å². The van der Waals surface area contributed by atoms with Crippen LogP contribution in [-0.4, -0.2) is 18.9 Å². The number of fused-ring (bicyclic) bond motifs is 1. The van der Waals surface area contributed by atoms with Crippen LogP contribution < -0.4 is 5.32 Å². The molecule has 126 valence electrons. The van der Waals surface area contributed by atoms with Gasteiger partial charge in [-0.05, 0) is 37.3 Å². The molecule has 0 bridgehead atoms. The number of aryl methyl sites for hydroxylation is 1. The standard InChI is InChI=1S/C19H16N2O3S/c1-14-8-10-15(11-9-14)25(23,24)19(21-12-4-5-13-21)16-6-2-3-7-17(16)20-18(19)22/h2-13H,1H3,(H,20,22). The Balaban J connectivity index is 2.08. The smallest absolute Gasteiger partial charge is 0.271 e. The average Bonchev–Trinajstić information content (AvgIpc) is 3.20. The predicted molar refractivity (Wildman–Crippen MR) is 94.9 cm³/mol. The van der Waals surface area contributed by atoms with Crippen molar-refractivity contribution in [1.82, 2.24) is 4.57 Å². The van der Waals surface area contributed by atoms with Gasteiger partial charge in [-0.1, -0.05) is 35.9 Å². The first-order chi connectivity index (χ1) is 12.0. The molecule has 2 heterocycles. The van der Waals surface area contributed by atoms with Crippen LogP contribution in [0, 0.1) is 6.92 Å². The molecule has 0 radical (unpaired) electrons. The van der Waals surface area contributed by atoms with E-state index in [4.69, 9.17) is 0 Å². The van der Waals surface area contributed by atoms with Gasteiger partial charge in [0.2, 0.25) is 9.84 Å². The Hall–Kier alpha value is -2.86. The first-order valence-corrected chi connectivity index (χ1v) is 9.32. The topological polar surface area (TPSA) is 68.2 Å². The molecule has 3 aromatic rings. The van der Waals surface area contributed by atoms with E-state index in [0.29, 0.717) is 11.3 Å². The van der Waals surface area contributed by atoms with E-state index in [1.54, 1.807) is 73.1 Å². The monoisotopic (exact) mass is 352 g/mol. The number of hydrogen-bond donors (Lipinski definition) is 1. The van der Waals surface area contributed by atoms with Crippen LogP contribution in [0.15, 0.2) is 78.0 Å². The van der Waals surface area contributed by atoms with Crippen molar-refractivity contribution in [3.8, 4) is 0 Å². The third kappa shape index (κ3) is 2.01. The second-order valence-electron chi connectivity index (χ2n) is 6.05. The van der Waals surface area contributed by atoms with E-state index in [9.17, 15) is 13.2 Å². The van der Waals surface area contributed by atoms with Gasteiger partial charge >= 0.3 is 0 Å². The number of sulfone groups is 1. The second kappa shape index (κ2) is 5.32. The van der Waals surface area contributed by atoms with Gasteiger partial charge in [-0.15, -0.1) is 0 Å². The molecule has 2 aromatic carbocycles. The Kier molecular flexibility index (Phi) is 3.33. The first-order valence-electron chi connectivity index (χ1n) is 7.83. The lowest BCUT2D eigenvalue weighted by atomic mass is 10.1. The Morgan fingerprint density at radius 1 is 0.920 bits per heavy atom. The highest BCUT2D eigenvalue weighted by Crippen LogP contribution is 2.45. The number of nitrogens with zero attached hydrogens (tertiary/aromatic N) is 1. The number of carbonyl (C=O) groups is 1. The highest BCUT2D eigenvalue weighted by molar-refractivity contribution is 7.93. The third-order valence-electron chi connectivity index (χ3n) is 4.54. The quantitative estimate of drug-likeness (QED) is 0.788. The van der Waals surface area contributed by atoms with Crippen LogP contribution in [0.2, 0.25) is 0 Å². The number of para-hydroxylation sites is 1. The Morgan fingerprint density at radius 3 is 2.24 bits per heavy atom. The van der Waals surface area contributed by atoms with Crippen molar-refractivity contribution in [2.75, 3.05) is 5.32 Å². The molecule has 0 aliphatic carbocycles. The minimum Gasteiger partial charge on any atom is -0.323 e. The van der Waals surface area contributed by atoms with Crippen LogP contribution >= 0.6 is 0 Å². The van der Waals surface area contributed by atoms with E-state index in [1.807, 2.05) is 6.92 Å². The molecule has 25 heavy (non-hydrogen) atoms. The summed E-state index contributed by atoms with van der Waals surface area (Å²) in [5, 5.41) is 2.72. The second-order valence-corrected chi connectivity index (χ2v) is 8.12. The Labute approximate surface area is 145 Å². The summed E-state index contributed by atoms with van der Waals surface area (Å²) < 4.78 is 28.8. The molecule has 1 aliphatic rings. The zero-order valence-corrected chi connectivity index (χ0v) is 14.3. The maximum absolute atomic E-state index is 13.7. The van der Waals surface area contributed by atoms with E-state index < -0.39 is 20.6 Å². The predicted octanol–water partition coefficient (Wildman–Crippen LogP) is 2.92. The molecule has 0 fully saturated rings. The minimum atomic E-state index is -4.05. The maximum atomic E-state index is 13.7. The van der Waals surface area contributed by atoms with Crippen LogP contribution in [0.25, 0.3) is 0 Å². The summed E-state index contributed by atoms with van der Waals surface area (Å²) in [7, 11) is -4.05. The summed E-state index contributed by atoms with van der Waals surface area (Å²) in [5.41, 5.74) is 1.89. The molecular weight excluding hydrogens is 336 g/mol. The van der Waals surface area contributed by atoms with Gasteiger partial charge in [-0.25, -0.2) is 8.42 Å². The molecular formula is C19H16N2O3S. The van der Waals surface area contributed by atoms with Crippen molar-refractivity contribution >= 4 is 21.4 Å². The van der Waals surface area contributed by atoms with E-state index in [1.165, 1.54) is 4.57 Å². The summed E-state index contributed by atoms with van der Waals surface area (Å²) in [4.78, 5) is 11.3. The van der Waals surface area contributed by atoms with Gasteiger partial charge in [0.1, 0.15) is 0 Å². The molecule has 1 atom stereocenters. The molecule has 0 spiro atoms. The Morgan fingerprint density at radius 2 is 1.56 bits per heavy atom. The summed E-state index contributed by atoms with van der Waals surface area (Å²) in [5.74, 6) is -0.578. The molecule has 1 aliphatic heterocycles. The Bertz CT molecular complexity index is 1050. The minimum absolute atomic E-state index is 0.110. The molecule has 0 saturated heterocycles. The number of aromatic nitrogens is 1. The fourth-order valence-corrected chi connectivity index (χ4v) is 5.31. The lowest BCUT2D eigenvalue weighted by molar-refractivity contribution is -0.118. The van der Waals surface area contributed by atoms with Crippen LogP contribution in [-0.2, 0) is 19.5 Å². The number of rotatable bonds is 3. The molecule has 1 amide bonds. The maximum Gasteiger partial charge on any atom is 0.271 e. The molecule has 1 unspecified atom stereocenters. The zero-order chi connectivity index (χ0) is 17.7. The SMILES string of the molecule is Cc1ccc(S(=O)(=O)C2(n3cccc3)C(=O)Nc3ccccc32)cc1. The molecule has 1 N–H and O–H groups in total. The molecule has 5 nitrogen and oxygen atoms in total. The van der Waals surface area contributed by atoms with Crippen LogP contribution in [0.1, 0.15) is 11.1 Å².